The van der Waals surface area contributed by atoms with Gasteiger partial charge in [-0.25, -0.2) is 0 Å². The Labute approximate surface area is 178 Å². The second kappa shape index (κ2) is 9.15. The third-order valence-electron chi connectivity index (χ3n) is 6.41. The molecule has 0 bridgehead atoms. The first-order chi connectivity index (χ1) is 14.6. The molecule has 2 unspecified atom stereocenters. The molecule has 1 heterocycles. The summed E-state index contributed by atoms with van der Waals surface area (Å²) in [6, 6.07) is 20.4. The molecule has 158 valence electrons. The normalized spacial score (nSPS) is 27.8. The number of hydrogen-bond donors (Lipinski definition) is 1. The van der Waals surface area contributed by atoms with Gasteiger partial charge in [0.25, 0.3) is 0 Å². The smallest absolute Gasteiger partial charge is 0.303 e. The molecule has 0 aromatic heterocycles. The van der Waals surface area contributed by atoms with Gasteiger partial charge in [-0.1, -0.05) is 79.7 Å². The molecule has 2 aliphatic rings. The number of carboxylic acid groups (broad SMARTS) is 1. The number of benzene rings is 2. The van der Waals surface area contributed by atoms with Crippen LogP contribution < -0.4 is 0 Å². The Morgan fingerprint density at radius 1 is 1.00 bits per heavy atom. The van der Waals surface area contributed by atoms with E-state index in [4.69, 9.17) is 9.47 Å². The molecule has 30 heavy (non-hydrogen) atoms. The van der Waals surface area contributed by atoms with Gasteiger partial charge in [-0.3, -0.25) is 4.79 Å². The van der Waals surface area contributed by atoms with E-state index in [-0.39, 0.29) is 30.5 Å². The van der Waals surface area contributed by atoms with E-state index in [1.54, 1.807) is 0 Å². The Kier molecular flexibility index (Phi) is 6.35. The number of allylic oxidation sites excluding steroid dienone is 2. The van der Waals surface area contributed by atoms with Crippen LogP contribution >= 0.6 is 0 Å². The average Bonchev–Trinajstić information content (AvgIpc) is 3.31. The molecular weight excluding hydrogens is 378 g/mol. The Morgan fingerprint density at radius 3 is 2.07 bits per heavy atom. The molecule has 1 aliphatic heterocycles. The second-order valence-electron chi connectivity index (χ2n) is 8.33. The summed E-state index contributed by atoms with van der Waals surface area (Å²) >= 11 is 0. The van der Waals surface area contributed by atoms with E-state index in [0.717, 1.165) is 36.8 Å². The van der Waals surface area contributed by atoms with E-state index in [2.05, 4.69) is 43.3 Å². The molecule has 0 amide bonds. The van der Waals surface area contributed by atoms with Crippen LogP contribution in [0.15, 0.2) is 72.8 Å². The molecule has 1 N–H and O–H groups in total. The predicted octanol–water partition coefficient (Wildman–Crippen LogP) is 6.07. The van der Waals surface area contributed by atoms with Crippen LogP contribution in [0, 0.1) is 11.8 Å². The van der Waals surface area contributed by atoms with Gasteiger partial charge in [0.15, 0.2) is 5.79 Å². The zero-order valence-electron chi connectivity index (χ0n) is 17.4. The minimum atomic E-state index is -0.751. The van der Waals surface area contributed by atoms with Crippen molar-refractivity contribution in [1.82, 2.24) is 0 Å². The number of hydrogen-bond acceptors (Lipinski definition) is 3. The van der Waals surface area contributed by atoms with Gasteiger partial charge in [0, 0.05) is 18.8 Å². The van der Waals surface area contributed by atoms with Crippen molar-refractivity contribution in [3.05, 3.63) is 83.9 Å². The fourth-order valence-electron chi connectivity index (χ4n) is 5.03. The van der Waals surface area contributed by atoms with Crippen LogP contribution in [0.4, 0.5) is 0 Å². The van der Waals surface area contributed by atoms with Gasteiger partial charge in [0.2, 0.25) is 0 Å². The lowest BCUT2D eigenvalue weighted by Gasteiger charge is -2.32. The van der Waals surface area contributed by atoms with Crippen molar-refractivity contribution in [2.24, 2.45) is 11.8 Å². The Balaban J connectivity index is 1.69. The summed E-state index contributed by atoms with van der Waals surface area (Å²) in [5.41, 5.74) is 2.18. The van der Waals surface area contributed by atoms with Crippen molar-refractivity contribution in [1.29, 1.82) is 0 Å². The van der Waals surface area contributed by atoms with Crippen molar-refractivity contribution in [2.45, 2.75) is 57.0 Å². The highest BCUT2D eigenvalue weighted by Crippen LogP contribution is 2.58. The van der Waals surface area contributed by atoms with Gasteiger partial charge >= 0.3 is 5.97 Å². The van der Waals surface area contributed by atoms with Gasteiger partial charge in [-0.05, 0) is 36.3 Å². The van der Waals surface area contributed by atoms with E-state index in [1.165, 1.54) is 0 Å². The zero-order chi connectivity index (χ0) is 21.0. The second-order valence-corrected chi connectivity index (χ2v) is 8.33. The summed E-state index contributed by atoms with van der Waals surface area (Å²) in [6.45, 7) is 2.11. The van der Waals surface area contributed by atoms with Crippen LogP contribution in [0.5, 0.6) is 0 Å². The van der Waals surface area contributed by atoms with Crippen molar-refractivity contribution in [3.63, 3.8) is 0 Å². The maximum absolute atomic E-state index is 11.5. The van der Waals surface area contributed by atoms with Crippen LogP contribution in [-0.2, 0) is 14.3 Å². The van der Waals surface area contributed by atoms with Crippen molar-refractivity contribution in [3.8, 4) is 0 Å². The minimum absolute atomic E-state index is 0.0244. The summed E-state index contributed by atoms with van der Waals surface area (Å²) < 4.78 is 13.5. The SMILES string of the molecule is CC/C=C\CC1C(C[14C](=O)O)CCC12O[C@H](c1ccccc1)[C@@H](c1ccccc1)O2. The first-order valence-electron chi connectivity index (χ1n) is 11.0. The quantitative estimate of drug-likeness (QED) is 0.565. The standard InChI is InChI=1S/C26H30O4/c1-2-3-6-15-22-21(18-23(27)28)16-17-26(22)29-24(19-11-7-4-8-12-19)25(30-26)20-13-9-5-10-14-20/h3-14,21-22,24-25H,2,15-18H2,1H3,(H,27,28)/b6-3-/t21?,22?,24-,25-/m1/s1/i23+2. The molecule has 4 atom stereocenters. The van der Waals surface area contributed by atoms with Crippen molar-refractivity contribution in [2.75, 3.05) is 0 Å². The first kappa shape index (κ1) is 20.8. The monoisotopic (exact) mass is 408 g/mol. The zero-order valence-corrected chi connectivity index (χ0v) is 17.4. The molecule has 1 saturated carbocycles. The molecule has 4 rings (SSSR count). The van der Waals surface area contributed by atoms with Crippen LogP contribution in [0.25, 0.3) is 0 Å². The van der Waals surface area contributed by atoms with Crippen LogP contribution in [0.3, 0.4) is 0 Å². The number of carbonyl (C=O) groups is 1. The first-order valence-corrected chi connectivity index (χ1v) is 11.0. The molecule has 0 radical (unpaired) electrons. The largest absolute Gasteiger partial charge is 0.481 e. The third-order valence-corrected chi connectivity index (χ3v) is 6.41. The van der Waals surface area contributed by atoms with Crippen molar-refractivity contribution < 1.29 is 19.4 Å². The maximum Gasteiger partial charge on any atom is 0.303 e. The van der Waals surface area contributed by atoms with Gasteiger partial charge in [0.05, 0.1) is 0 Å². The van der Waals surface area contributed by atoms with Gasteiger partial charge in [0.1, 0.15) is 12.2 Å². The van der Waals surface area contributed by atoms with Crippen LogP contribution in [0.1, 0.15) is 62.4 Å². The molecule has 1 spiro atoms. The van der Waals surface area contributed by atoms with Crippen LogP contribution in [0.2, 0.25) is 0 Å². The molecule has 1 saturated heterocycles. The lowest BCUT2D eigenvalue weighted by atomic mass is 9.89. The molecule has 2 aromatic rings. The molecular formula is C26H30O4. The van der Waals surface area contributed by atoms with Gasteiger partial charge in [-0.2, -0.15) is 0 Å². The number of rotatable bonds is 7. The highest BCUT2D eigenvalue weighted by Gasteiger charge is 2.58. The summed E-state index contributed by atoms with van der Waals surface area (Å²) in [6.07, 6.45) is 7.30. The van der Waals surface area contributed by atoms with Gasteiger partial charge in [-0.15, -0.1) is 0 Å². The Morgan fingerprint density at radius 2 is 1.57 bits per heavy atom. The number of ether oxygens (including phenoxy) is 2. The fraction of sp³-hybridized carbons (Fsp3) is 0.423. The Bertz CT molecular complexity index is 814. The lowest BCUT2D eigenvalue weighted by Crippen LogP contribution is -2.37. The summed E-state index contributed by atoms with van der Waals surface area (Å²) in [7, 11) is 0. The highest BCUT2D eigenvalue weighted by molar-refractivity contribution is 5.67. The predicted molar refractivity (Wildman–Crippen MR) is 116 cm³/mol. The summed E-state index contributed by atoms with van der Waals surface area (Å²) in [5, 5.41) is 9.45. The van der Waals surface area contributed by atoms with Crippen LogP contribution in [-0.4, -0.2) is 16.9 Å². The topological polar surface area (TPSA) is 55.8 Å². The van der Waals surface area contributed by atoms with E-state index in [1.807, 2.05) is 36.4 Å². The van der Waals surface area contributed by atoms with E-state index in [9.17, 15) is 9.90 Å². The van der Waals surface area contributed by atoms with Crippen molar-refractivity contribution >= 4 is 5.97 Å². The fourth-order valence-corrected chi connectivity index (χ4v) is 5.03. The van der Waals surface area contributed by atoms with E-state index in [0.29, 0.717) is 0 Å². The van der Waals surface area contributed by atoms with E-state index >= 15 is 0 Å². The molecule has 1 aliphatic carbocycles. The molecule has 4 nitrogen and oxygen atoms in total. The number of carboxylic acids is 1. The lowest BCUT2D eigenvalue weighted by molar-refractivity contribution is -0.204. The minimum Gasteiger partial charge on any atom is -0.481 e. The van der Waals surface area contributed by atoms with Gasteiger partial charge < -0.3 is 14.6 Å². The Hall–Kier alpha value is -2.43. The number of aliphatic carboxylic acids is 1. The third kappa shape index (κ3) is 4.21. The average molecular weight is 409 g/mol. The summed E-state index contributed by atoms with van der Waals surface area (Å²) in [4.78, 5) is 11.5. The summed E-state index contributed by atoms with van der Waals surface area (Å²) in [5.74, 6) is -1.43. The maximum atomic E-state index is 11.5. The molecule has 4 heteroatoms. The van der Waals surface area contributed by atoms with E-state index < -0.39 is 11.8 Å². The highest BCUT2D eigenvalue weighted by atomic mass is 16.8. The molecule has 2 aromatic carbocycles. The molecule has 2 fully saturated rings.